The molecule has 1 aromatic heterocycles. The number of hydrogen-bond acceptors (Lipinski definition) is 2. The van der Waals surface area contributed by atoms with Crippen LogP contribution in [0.3, 0.4) is 0 Å². The molecule has 0 bridgehead atoms. The average Bonchev–Trinajstić information content (AvgIpc) is 2.64. The Morgan fingerprint density at radius 3 is 2.41 bits per heavy atom. The molecule has 2 aromatic rings. The molecule has 2 rings (SSSR count). The monoisotopic (exact) mass is 230 g/mol. The number of hydrogen-bond donors (Lipinski definition) is 1. The van der Waals surface area contributed by atoms with E-state index in [1.165, 1.54) is 11.1 Å². The number of aryl methyl sites for hydroxylation is 2. The van der Waals surface area contributed by atoms with Gasteiger partial charge in [0.25, 0.3) is 0 Å². The predicted molar refractivity (Wildman–Crippen MR) is 68.8 cm³/mol. The topological polar surface area (TPSA) is 38.0 Å². The lowest BCUT2D eigenvalue weighted by atomic mass is 10.1. The summed E-state index contributed by atoms with van der Waals surface area (Å²) in [5, 5.41) is 14.4. The zero-order valence-corrected chi connectivity index (χ0v) is 10.7. The van der Waals surface area contributed by atoms with E-state index in [-0.39, 0.29) is 11.8 Å². The van der Waals surface area contributed by atoms with E-state index in [1.54, 1.807) is 10.9 Å². The Morgan fingerprint density at radius 2 is 1.88 bits per heavy atom. The maximum absolute atomic E-state index is 10.1. The summed E-state index contributed by atoms with van der Waals surface area (Å²) < 4.78 is 1.59. The van der Waals surface area contributed by atoms with Crippen molar-refractivity contribution in [1.29, 1.82) is 0 Å². The van der Waals surface area contributed by atoms with Gasteiger partial charge in [-0.3, -0.25) is 0 Å². The SMILES string of the molecule is Cc1ccc(-n2ncc(C(C)C)c2O)cc1C. The highest BCUT2D eigenvalue weighted by atomic mass is 16.3. The molecule has 0 aliphatic rings. The Bertz CT molecular complexity index is 541. The zero-order valence-electron chi connectivity index (χ0n) is 10.7. The van der Waals surface area contributed by atoms with E-state index >= 15 is 0 Å². The van der Waals surface area contributed by atoms with Crippen LogP contribution < -0.4 is 0 Å². The van der Waals surface area contributed by atoms with Crippen LogP contribution in [0, 0.1) is 13.8 Å². The normalized spacial score (nSPS) is 11.1. The Hall–Kier alpha value is -1.77. The fraction of sp³-hybridized carbons (Fsp3) is 0.357. The van der Waals surface area contributed by atoms with Gasteiger partial charge in [0.1, 0.15) is 0 Å². The molecule has 1 heterocycles. The molecule has 0 unspecified atom stereocenters. The number of benzene rings is 1. The molecule has 0 aliphatic carbocycles. The van der Waals surface area contributed by atoms with Crippen molar-refractivity contribution < 1.29 is 5.11 Å². The van der Waals surface area contributed by atoms with Gasteiger partial charge in [0, 0.05) is 5.56 Å². The van der Waals surface area contributed by atoms with Gasteiger partial charge in [-0.25, -0.2) is 4.68 Å². The summed E-state index contributed by atoms with van der Waals surface area (Å²) in [7, 11) is 0. The van der Waals surface area contributed by atoms with Crippen LogP contribution in [-0.4, -0.2) is 14.9 Å². The van der Waals surface area contributed by atoms with Crippen molar-refractivity contribution in [2.45, 2.75) is 33.6 Å². The third kappa shape index (κ3) is 2.05. The summed E-state index contributed by atoms with van der Waals surface area (Å²) >= 11 is 0. The summed E-state index contributed by atoms with van der Waals surface area (Å²) in [6.45, 7) is 8.22. The molecular formula is C14H18N2O. The van der Waals surface area contributed by atoms with Gasteiger partial charge in [-0.05, 0) is 43.0 Å². The highest BCUT2D eigenvalue weighted by Gasteiger charge is 2.13. The first-order valence-corrected chi connectivity index (χ1v) is 5.85. The van der Waals surface area contributed by atoms with Crippen LogP contribution in [0.5, 0.6) is 5.88 Å². The number of nitrogens with zero attached hydrogens (tertiary/aromatic N) is 2. The molecule has 0 saturated heterocycles. The molecule has 0 fully saturated rings. The van der Waals surface area contributed by atoms with Crippen molar-refractivity contribution in [3.8, 4) is 11.6 Å². The molecule has 0 saturated carbocycles. The van der Waals surface area contributed by atoms with Crippen molar-refractivity contribution in [1.82, 2.24) is 9.78 Å². The van der Waals surface area contributed by atoms with Crippen LogP contribution in [0.15, 0.2) is 24.4 Å². The molecule has 0 spiro atoms. The van der Waals surface area contributed by atoms with Gasteiger partial charge >= 0.3 is 0 Å². The maximum Gasteiger partial charge on any atom is 0.217 e. The lowest BCUT2D eigenvalue weighted by molar-refractivity contribution is 0.425. The Balaban J connectivity index is 2.50. The second-order valence-corrected chi connectivity index (χ2v) is 4.76. The molecule has 0 radical (unpaired) electrons. The van der Waals surface area contributed by atoms with Gasteiger partial charge in [0.2, 0.25) is 5.88 Å². The van der Waals surface area contributed by atoms with Crippen LogP contribution in [0.2, 0.25) is 0 Å². The summed E-state index contributed by atoms with van der Waals surface area (Å²) in [5.74, 6) is 0.513. The smallest absolute Gasteiger partial charge is 0.217 e. The molecule has 0 atom stereocenters. The Kier molecular flexibility index (Phi) is 2.92. The van der Waals surface area contributed by atoms with E-state index in [0.29, 0.717) is 0 Å². The van der Waals surface area contributed by atoms with Crippen LogP contribution in [0.1, 0.15) is 36.5 Å². The van der Waals surface area contributed by atoms with E-state index in [4.69, 9.17) is 0 Å². The van der Waals surface area contributed by atoms with Gasteiger partial charge in [-0.2, -0.15) is 5.10 Å². The average molecular weight is 230 g/mol. The molecular weight excluding hydrogens is 212 g/mol. The van der Waals surface area contributed by atoms with E-state index in [0.717, 1.165) is 11.3 Å². The Morgan fingerprint density at radius 1 is 1.18 bits per heavy atom. The second kappa shape index (κ2) is 4.24. The molecule has 3 nitrogen and oxygen atoms in total. The fourth-order valence-corrected chi connectivity index (χ4v) is 1.81. The van der Waals surface area contributed by atoms with E-state index < -0.39 is 0 Å². The summed E-state index contributed by atoms with van der Waals surface area (Å²) in [6, 6.07) is 6.05. The van der Waals surface area contributed by atoms with Gasteiger partial charge in [-0.15, -0.1) is 0 Å². The third-order valence-corrected chi connectivity index (χ3v) is 3.13. The summed E-state index contributed by atoms with van der Waals surface area (Å²) in [4.78, 5) is 0. The lowest BCUT2D eigenvalue weighted by Crippen LogP contribution is -1.97. The Labute approximate surface area is 102 Å². The highest BCUT2D eigenvalue weighted by molar-refractivity contribution is 5.43. The molecule has 90 valence electrons. The first-order chi connectivity index (χ1) is 8.00. The predicted octanol–water partition coefficient (Wildman–Crippen LogP) is 3.32. The standard InChI is InChI=1S/C14H18N2O/c1-9(2)13-8-15-16(14(13)17)12-6-5-10(3)11(4)7-12/h5-9,17H,1-4H3. The fourth-order valence-electron chi connectivity index (χ4n) is 1.81. The summed E-state index contributed by atoms with van der Waals surface area (Å²) in [6.07, 6.45) is 1.73. The van der Waals surface area contributed by atoms with Crippen molar-refractivity contribution >= 4 is 0 Å². The van der Waals surface area contributed by atoms with Crippen LogP contribution >= 0.6 is 0 Å². The van der Waals surface area contributed by atoms with Gasteiger partial charge in [0.15, 0.2) is 0 Å². The molecule has 0 amide bonds. The van der Waals surface area contributed by atoms with Gasteiger partial charge in [-0.1, -0.05) is 19.9 Å². The van der Waals surface area contributed by atoms with E-state index in [9.17, 15) is 5.11 Å². The number of rotatable bonds is 2. The summed E-state index contributed by atoms with van der Waals surface area (Å²) in [5.41, 5.74) is 4.22. The molecule has 17 heavy (non-hydrogen) atoms. The van der Waals surface area contributed by atoms with Crippen LogP contribution in [0.25, 0.3) is 5.69 Å². The minimum Gasteiger partial charge on any atom is -0.493 e. The van der Waals surface area contributed by atoms with Crippen molar-refractivity contribution in [2.24, 2.45) is 0 Å². The number of aromatic hydroxyl groups is 1. The first kappa shape index (κ1) is 11.7. The highest BCUT2D eigenvalue weighted by Crippen LogP contribution is 2.27. The van der Waals surface area contributed by atoms with Crippen molar-refractivity contribution in [3.63, 3.8) is 0 Å². The minimum absolute atomic E-state index is 0.239. The van der Waals surface area contributed by atoms with Crippen LogP contribution in [0.4, 0.5) is 0 Å². The van der Waals surface area contributed by atoms with E-state index in [1.807, 2.05) is 32.0 Å². The quantitative estimate of drug-likeness (QED) is 0.859. The minimum atomic E-state index is 0.239. The maximum atomic E-state index is 10.1. The van der Waals surface area contributed by atoms with Gasteiger partial charge < -0.3 is 5.11 Å². The van der Waals surface area contributed by atoms with Crippen LogP contribution in [-0.2, 0) is 0 Å². The van der Waals surface area contributed by atoms with Crippen molar-refractivity contribution in [3.05, 3.63) is 41.1 Å². The molecule has 3 heteroatoms. The lowest BCUT2D eigenvalue weighted by Gasteiger charge is -2.07. The second-order valence-electron chi connectivity index (χ2n) is 4.76. The first-order valence-electron chi connectivity index (χ1n) is 5.85. The largest absolute Gasteiger partial charge is 0.493 e. The molecule has 1 N–H and O–H groups in total. The molecule has 0 aliphatic heterocycles. The zero-order chi connectivity index (χ0) is 12.6. The van der Waals surface area contributed by atoms with Crippen molar-refractivity contribution in [2.75, 3.05) is 0 Å². The number of aromatic nitrogens is 2. The van der Waals surface area contributed by atoms with E-state index in [2.05, 4.69) is 18.9 Å². The molecule has 1 aromatic carbocycles. The third-order valence-electron chi connectivity index (χ3n) is 3.13. The van der Waals surface area contributed by atoms with Gasteiger partial charge in [0.05, 0.1) is 11.9 Å².